The van der Waals surface area contributed by atoms with E-state index in [0.29, 0.717) is 17.9 Å². The molecule has 2 heterocycles. The topological polar surface area (TPSA) is 130 Å². The summed E-state index contributed by atoms with van der Waals surface area (Å²) < 4.78 is 15.7. The SMILES string of the molecule is CCOC=NC1=C(C#N)C(c2ccc(OC)cc2)c2c([nH]c(=O)[nH]c2=O)O1. The van der Waals surface area contributed by atoms with E-state index in [9.17, 15) is 14.9 Å². The van der Waals surface area contributed by atoms with Gasteiger partial charge in [0.25, 0.3) is 5.56 Å². The minimum atomic E-state index is -0.779. The first kappa shape index (κ1) is 18.0. The highest BCUT2D eigenvalue weighted by atomic mass is 16.5. The molecule has 0 aliphatic carbocycles. The van der Waals surface area contributed by atoms with Gasteiger partial charge in [-0.1, -0.05) is 12.1 Å². The van der Waals surface area contributed by atoms with Gasteiger partial charge in [-0.05, 0) is 24.6 Å². The van der Waals surface area contributed by atoms with Crippen molar-refractivity contribution in [1.29, 1.82) is 5.26 Å². The van der Waals surface area contributed by atoms with Gasteiger partial charge in [0, 0.05) is 0 Å². The number of aliphatic imine (C=N–C) groups is 1. The van der Waals surface area contributed by atoms with E-state index in [0.717, 1.165) is 6.40 Å². The van der Waals surface area contributed by atoms with Crippen molar-refractivity contribution in [3.63, 3.8) is 0 Å². The molecule has 0 saturated heterocycles. The number of hydrogen-bond acceptors (Lipinski definition) is 7. The van der Waals surface area contributed by atoms with Gasteiger partial charge in [-0.25, -0.2) is 4.79 Å². The van der Waals surface area contributed by atoms with Crippen LogP contribution in [0.3, 0.4) is 0 Å². The van der Waals surface area contributed by atoms with Gasteiger partial charge >= 0.3 is 5.69 Å². The smallest absolute Gasteiger partial charge is 0.328 e. The zero-order chi connectivity index (χ0) is 19.4. The molecule has 2 N–H and O–H groups in total. The van der Waals surface area contributed by atoms with Gasteiger partial charge in [0.2, 0.25) is 11.8 Å². The molecular weight excluding hydrogens is 352 g/mol. The predicted octanol–water partition coefficient (Wildman–Crippen LogP) is 1.40. The maximum atomic E-state index is 12.4. The van der Waals surface area contributed by atoms with E-state index in [1.807, 2.05) is 0 Å². The van der Waals surface area contributed by atoms with Crippen LogP contribution >= 0.6 is 0 Å². The molecule has 1 unspecified atom stereocenters. The number of nitriles is 1. The molecule has 0 amide bonds. The number of rotatable bonds is 5. The van der Waals surface area contributed by atoms with Gasteiger partial charge in [-0.2, -0.15) is 10.3 Å². The Labute approximate surface area is 153 Å². The Morgan fingerprint density at radius 2 is 2.04 bits per heavy atom. The number of H-pyrrole nitrogens is 2. The fourth-order valence-electron chi connectivity index (χ4n) is 2.74. The van der Waals surface area contributed by atoms with Gasteiger partial charge < -0.3 is 14.2 Å². The highest BCUT2D eigenvalue weighted by Crippen LogP contribution is 2.40. The van der Waals surface area contributed by atoms with E-state index in [4.69, 9.17) is 14.2 Å². The monoisotopic (exact) mass is 368 g/mol. The lowest BCUT2D eigenvalue weighted by molar-refractivity contribution is 0.333. The Kier molecular flexibility index (Phi) is 5.08. The van der Waals surface area contributed by atoms with Crippen molar-refractivity contribution in [2.24, 2.45) is 4.99 Å². The van der Waals surface area contributed by atoms with Crippen molar-refractivity contribution in [2.75, 3.05) is 13.7 Å². The van der Waals surface area contributed by atoms with Crippen LogP contribution in [0.25, 0.3) is 0 Å². The third kappa shape index (κ3) is 3.46. The Morgan fingerprint density at radius 3 is 2.67 bits per heavy atom. The molecule has 1 atom stereocenters. The van der Waals surface area contributed by atoms with Crippen molar-refractivity contribution in [3.05, 3.63) is 67.7 Å². The molecule has 27 heavy (non-hydrogen) atoms. The molecule has 0 radical (unpaired) electrons. The number of nitrogens with one attached hydrogen (secondary N) is 2. The molecule has 1 aliphatic heterocycles. The molecule has 0 spiro atoms. The molecule has 1 aromatic carbocycles. The molecule has 1 aromatic heterocycles. The van der Waals surface area contributed by atoms with Crippen LogP contribution in [0.15, 0.2) is 50.3 Å². The zero-order valence-electron chi connectivity index (χ0n) is 14.6. The van der Waals surface area contributed by atoms with Crippen molar-refractivity contribution in [3.8, 4) is 17.7 Å². The normalized spacial score (nSPS) is 15.8. The first-order valence-corrected chi connectivity index (χ1v) is 8.05. The lowest BCUT2D eigenvalue weighted by Gasteiger charge is -2.24. The van der Waals surface area contributed by atoms with E-state index in [1.165, 1.54) is 7.11 Å². The Balaban J connectivity index is 2.23. The third-order valence-electron chi connectivity index (χ3n) is 3.93. The van der Waals surface area contributed by atoms with Crippen LogP contribution in [-0.2, 0) is 4.74 Å². The summed E-state index contributed by atoms with van der Waals surface area (Å²) in [5.41, 5.74) is -0.498. The first-order valence-electron chi connectivity index (χ1n) is 8.05. The second kappa shape index (κ2) is 7.61. The Hall–Kier alpha value is -3.80. The van der Waals surface area contributed by atoms with Crippen molar-refractivity contribution in [1.82, 2.24) is 9.97 Å². The number of methoxy groups -OCH3 is 1. The molecule has 0 fully saturated rings. The molecular formula is C18H16N4O5. The van der Waals surface area contributed by atoms with Gasteiger partial charge in [-0.15, -0.1) is 0 Å². The van der Waals surface area contributed by atoms with E-state index in [-0.39, 0.29) is 22.9 Å². The number of ether oxygens (including phenoxy) is 3. The fraction of sp³-hybridized carbons (Fsp3) is 0.222. The van der Waals surface area contributed by atoms with Gasteiger partial charge in [0.1, 0.15) is 17.4 Å². The predicted molar refractivity (Wildman–Crippen MR) is 95.9 cm³/mol. The van der Waals surface area contributed by atoms with Gasteiger partial charge in [0.15, 0.2) is 6.40 Å². The van der Waals surface area contributed by atoms with Crippen LogP contribution in [0.5, 0.6) is 11.6 Å². The maximum absolute atomic E-state index is 12.4. The quantitative estimate of drug-likeness (QED) is 0.606. The van der Waals surface area contributed by atoms with Crippen LogP contribution in [0.2, 0.25) is 0 Å². The average Bonchev–Trinajstić information content (AvgIpc) is 2.67. The molecule has 1 aliphatic rings. The summed E-state index contributed by atoms with van der Waals surface area (Å²) in [4.78, 5) is 32.7. The van der Waals surface area contributed by atoms with Crippen molar-refractivity contribution >= 4 is 6.40 Å². The van der Waals surface area contributed by atoms with Crippen LogP contribution in [0.4, 0.5) is 0 Å². The molecule has 3 rings (SSSR count). The first-order chi connectivity index (χ1) is 13.1. The fourth-order valence-corrected chi connectivity index (χ4v) is 2.74. The number of aromatic nitrogens is 2. The molecule has 0 saturated carbocycles. The maximum Gasteiger partial charge on any atom is 0.328 e. The van der Waals surface area contributed by atoms with E-state index >= 15 is 0 Å². The van der Waals surface area contributed by atoms with Crippen LogP contribution in [0.1, 0.15) is 24.0 Å². The summed E-state index contributed by atoms with van der Waals surface area (Å²) in [5, 5.41) is 9.71. The summed E-state index contributed by atoms with van der Waals surface area (Å²) in [6.07, 6.45) is 1.15. The van der Waals surface area contributed by atoms with E-state index in [1.54, 1.807) is 31.2 Å². The minimum Gasteiger partial charge on any atom is -0.497 e. The van der Waals surface area contributed by atoms with Gasteiger partial charge in [0.05, 0.1) is 25.2 Å². The largest absolute Gasteiger partial charge is 0.497 e. The number of allylic oxidation sites excluding steroid dienone is 1. The van der Waals surface area contributed by atoms with Gasteiger partial charge in [-0.3, -0.25) is 14.8 Å². The molecule has 138 valence electrons. The number of hydrogen-bond donors (Lipinski definition) is 2. The number of aromatic amines is 2. The lowest BCUT2D eigenvalue weighted by atomic mass is 9.85. The molecule has 9 heteroatoms. The second-order valence-electron chi connectivity index (χ2n) is 5.48. The van der Waals surface area contributed by atoms with Crippen LogP contribution in [0, 0.1) is 11.3 Å². The summed E-state index contributed by atoms with van der Waals surface area (Å²) >= 11 is 0. The van der Waals surface area contributed by atoms with Crippen LogP contribution < -0.4 is 20.7 Å². The summed E-state index contributed by atoms with van der Waals surface area (Å²) in [7, 11) is 1.54. The summed E-state index contributed by atoms with van der Waals surface area (Å²) in [6, 6.07) is 8.92. The number of fused-ring (bicyclic) bond motifs is 1. The number of nitrogens with zero attached hydrogens (tertiary/aromatic N) is 2. The lowest BCUT2D eigenvalue weighted by Crippen LogP contribution is -2.31. The Bertz CT molecular complexity index is 1060. The average molecular weight is 368 g/mol. The standard InChI is InChI=1S/C18H16N4O5/c1-3-26-9-20-16-12(8-19)13(10-4-6-11(25-2)7-5-10)14-15(23)21-18(24)22-17(14)27-16/h4-7,9,13H,3H2,1-2H3,(H2,21,22,23,24). The zero-order valence-corrected chi connectivity index (χ0v) is 14.6. The van der Waals surface area contributed by atoms with Crippen molar-refractivity contribution in [2.45, 2.75) is 12.8 Å². The van der Waals surface area contributed by atoms with Crippen molar-refractivity contribution < 1.29 is 14.2 Å². The van der Waals surface area contributed by atoms with E-state index in [2.05, 4.69) is 21.0 Å². The van der Waals surface area contributed by atoms with E-state index < -0.39 is 17.2 Å². The second-order valence-corrected chi connectivity index (χ2v) is 5.48. The molecule has 2 aromatic rings. The molecule has 0 bridgehead atoms. The summed E-state index contributed by atoms with van der Waals surface area (Å²) in [6.45, 7) is 2.16. The minimum absolute atomic E-state index is 0.0551. The third-order valence-corrected chi connectivity index (χ3v) is 3.93. The summed E-state index contributed by atoms with van der Waals surface area (Å²) in [5.74, 6) is -0.273. The Morgan fingerprint density at radius 1 is 1.30 bits per heavy atom. The highest BCUT2D eigenvalue weighted by molar-refractivity contribution is 5.56. The number of benzene rings is 1. The molecule has 9 nitrogen and oxygen atoms in total. The van der Waals surface area contributed by atoms with Crippen LogP contribution in [-0.4, -0.2) is 30.1 Å². The highest BCUT2D eigenvalue weighted by Gasteiger charge is 2.35.